The first-order valence-electron chi connectivity index (χ1n) is 7.39. The lowest BCUT2D eigenvalue weighted by Gasteiger charge is -2.14. The van der Waals surface area contributed by atoms with Gasteiger partial charge in [-0.25, -0.2) is 0 Å². The monoisotopic (exact) mass is 280 g/mol. The summed E-state index contributed by atoms with van der Waals surface area (Å²) in [5.74, 6) is 0.944. The van der Waals surface area contributed by atoms with E-state index >= 15 is 0 Å². The number of nitrogens with one attached hydrogen (secondary N) is 1. The third kappa shape index (κ3) is 2.81. The third-order valence-corrected chi connectivity index (χ3v) is 3.83. The van der Waals surface area contributed by atoms with E-state index in [9.17, 15) is 0 Å². The zero-order valence-electron chi connectivity index (χ0n) is 12.5. The van der Waals surface area contributed by atoms with Gasteiger partial charge in [-0.05, 0) is 36.6 Å². The van der Waals surface area contributed by atoms with Crippen molar-refractivity contribution < 1.29 is 0 Å². The van der Waals surface area contributed by atoms with E-state index in [1.807, 2.05) is 28.8 Å². The van der Waals surface area contributed by atoms with Crippen molar-refractivity contribution in [3.63, 3.8) is 0 Å². The molecular weight excluding hydrogens is 260 g/mol. The van der Waals surface area contributed by atoms with Gasteiger partial charge in [0.1, 0.15) is 0 Å². The highest BCUT2D eigenvalue weighted by atomic mass is 15.3. The number of fused-ring (bicyclic) bond motifs is 1. The second-order valence-corrected chi connectivity index (χ2v) is 5.21. The number of nitrogens with zero attached hydrogens (tertiary/aromatic N) is 3. The van der Waals surface area contributed by atoms with Crippen LogP contribution in [0.5, 0.6) is 0 Å². The predicted octanol–water partition coefficient (Wildman–Crippen LogP) is 3.14. The Morgan fingerprint density at radius 3 is 2.62 bits per heavy atom. The summed E-state index contributed by atoms with van der Waals surface area (Å²) >= 11 is 0. The number of hydrogen-bond acceptors (Lipinski definition) is 3. The van der Waals surface area contributed by atoms with Crippen LogP contribution in [0.25, 0.3) is 5.65 Å². The average Bonchev–Trinajstić information content (AvgIpc) is 2.97. The molecule has 3 rings (SSSR count). The maximum Gasteiger partial charge on any atom is 0.160 e. The molecule has 4 heteroatoms. The molecule has 2 heterocycles. The minimum absolute atomic E-state index is 0.146. The Labute approximate surface area is 124 Å². The summed E-state index contributed by atoms with van der Waals surface area (Å²) in [7, 11) is 0. The Hall–Kier alpha value is -2.20. The van der Waals surface area contributed by atoms with Crippen LogP contribution in [0, 0.1) is 0 Å². The van der Waals surface area contributed by atoms with Gasteiger partial charge in [-0.1, -0.05) is 37.3 Å². The molecule has 0 amide bonds. The highest BCUT2D eigenvalue weighted by Crippen LogP contribution is 2.14. The molecule has 0 bridgehead atoms. The molecule has 1 unspecified atom stereocenters. The van der Waals surface area contributed by atoms with Crippen LogP contribution < -0.4 is 5.32 Å². The Bertz CT molecular complexity index is 732. The van der Waals surface area contributed by atoms with Crippen LogP contribution in [0.2, 0.25) is 0 Å². The van der Waals surface area contributed by atoms with Crippen LogP contribution >= 0.6 is 0 Å². The van der Waals surface area contributed by atoms with E-state index in [4.69, 9.17) is 0 Å². The standard InChI is InChI=1S/C17H20N4/c1-3-14-8-4-5-9-15(14)12-18-13(2)17-20-19-16-10-6-7-11-21(16)17/h4-11,13,18H,3,12H2,1-2H3. The van der Waals surface area contributed by atoms with Crippen molar-refractivity contribution in [2.45, 2.75) is 32.9 Å². The zero-order chi connectivity index (χ0) is 14.7. The summed E-state index contributed by atoms with van der Waals surface area (Å²) in [4.78, 5) is 0. The second-order valence-electron chi connectivity index (χ2n) is 5.21. The molecule has 21 heavy (non-hydrogen) atoms. The molecule has 1 N–H and O–H groups in total. The normalized spacial score (nSPS) is 12.7. The van der Waals surface area contributed by atoms with Gasteiger partial charge in [-0.3, -0.25) is 4.40 Å². The van der Waals surface area contributed by atoms with E-state index in [-0.39, 0.29) is 6.04 Å². The molecule has 0 saturated carbocycles. The summed E-state index contributed by atoms with van der Waals surface area (Å²) in [5, 5.41) is 12.0. The number of benzene rings is 1. The third-order valence-electron chi connectivity index (χ3n) is 3.83. The summed E-state index contributed by atoms with van der Waals surface area (Å²) < 4.78 is 2.03. The summed E-state index contributed by atoms with van der Waals surface area (Å²) in [6.45, 7) is 5.15. The molecule has 0 aliphatic rings. The van der Waals surface area contributed by atoms with Gasteiger partial charge in [0.25, 0.3) is 0 Å². The summed E-state index contributed by atoms with van der Waals surface area (Å²) in [6, 6.07) is 14.6. The topological polar surface area (TPSA) is 42.2 Å². The van der Waals surface area contributed by atoms with Crippen molar-refractivity contribution in [1.82, 2.24) is 19.9 Å². The lowest BCUT2D eigenvalue weighted by Crippen LogP contribution is -2.21. The number of hydrogen-bond donors (Lipinski definition) is 1. The Kier molecular flexibility index (Phi) is 3.97. The molecule has 0 radical (unpaired) electrons. The summed E-state index contributed by atoms with van der Waals surface area (Å²) in [5.41, 5.74) is 3.62. The van der Waals surface area contributed by atoms with E-state index in [1.54, 1.807) is 0 Å². The predicted molar refractivity (Wildman–Crippen MR) is 84.1 cm³/mol. The Balaban J connectivity index is 1.76. The minimum Gasteiger partial charge on any atom is -0.303 e. The van der Waals surface area contributed by atoms with Gasteiger partial charge in [0.15, 0.2) is 11.5 Å². The van der Waals surface area contributed by atoms with Crippen molar-refractivity contribution >= 4 is 5.65 Å². The first kappa shape index (κ1) is 13.8. The summed E-state index contributed by atoms with van der Waals surface area (Å²) in [6.07, 6.45) is 3.06. The highest BCUT2D eigenvalue weighted by Gasteiger charge is 2.12. The van der Waals surface area contributed by atoms with Crippen molar-refractivity contribution in [3.8, 4) is 0 Å². The Morgan fingerprint density at radius 2 is 1.81 bits per heavy atom. The molecule has 4 nitrogen and oxygen atoms in total. The quantitative estimate of drug-likeness (QED) is 0.780. The maximum absolute atomic E-state index is 4.30. The van der Waals surface area contributed by atoms with Crippen LogP contribution in [-0.4, -0.2) is 14.6 Å². The first-order valence-corrected chi connectivity index (χ1v) is 7.39. The van der Waals surface area contributed by atoms with Crippen molar-refractivity contribution in [2.75, 3.05) is 0 Å². The van der Waals surface area contributed by atoms with Gasteiger partial charge < -0.3 is 5.32 Å². The molecule has 2 aromatic heterocycles. The number of aryl methyl sites for hydroxylation is 1. The molecule has 0 aliphatic heterocycles. The molecule has 0 saturated heterocycles. The van der Waals surface area contributed by atoms with Gasteiger partial charge >= 0.3 is 0 Å². The molecule has 1 aromatic carbocycles. The molecule has 108 valence electrons. The molecule has 0 fully saturated rings. The maximum atomic E-state index is 4.30. The fourth-order valence-electron chi connectivity index (χ4n) is 2.58. The fourth-order valence-corrected chi connectivity index (χ4v) is 2.58. The lowest BCUT2D eigenvalue weighted by molar-refractivity contribution is 0.540. The fraction of sp³-hybridized carbons (Fsp3) is 0.294. The molecule has 0 spiro atoms. The van der Waals surface area contributed by atoms with Crippen LogP contribution in [0.3, 0.4) is 0 Å². The highest BCUT2D eigenvalue weighted by molar-refractivity contribution is 5.37. The van der Waals surface area contributed by atoms with Crippen LogP contribution in [0.1, 0.15) is 36.8 Å². The van der Waals surface area contributed by atoms with E-state index in [2.05, 4.69) is 53.6 Å². The van der Waals surface area contributed by atoms with E-state index < -0.39 is 0 Å². The van der Waals surface area contributed by atoms with E-state index in [1.165, 1.54) is 11.1 Å². The number of aromatic nitrogens is 3. The molecule has 3 aromatic rings. The lowest BCUT2D eigenvalue weighted by atomic mass is 10.1. The average molecular weight is 280 g/mol. The zero-order valence-corrected chi connectivity index (χ0v) is 12.5. The van der Waals surface area contributed by atoms with Crippen LogP contribution in [0.15, 0.2) is 48.7 Å². The smallest absolute Gasteiger partial charge is 0.160 e. The van der Waals surface area contributed by atoms with E-state index in [0.717, 1.165) is 24.4 Å². The molecular formula is C17H20N4. The van der Waals surface area contributed by atoms with Crippen molar-refractivity contribution in [2.24, 2.45) is 0 Å². The number of rotatable bonds is 5. The van der Waals surface area contributed by atoms with E-state index in [0.29, 0.717) is 0 Å². The second kappa shape index (κ2) is 6.06. The largest absolute Gasteiger partial charge is 0.303 e. The van der Waals surface area contributed by atoms with Crippen LogP contribution in [-0.2, 0) is 13.0 Å². The van der Waals surface area contributed by atoms with Crippen molar-refractivity contribution in [3.05, 3.63) is 65.6 Å². The Morgan fingerprint density at radius 1 is 1.05 bits per heavy atom. The first-order chi connectivity index (χ1) is 10.3. The molecule has 0 aliphatic carbocycles. The number of pyridine rings is 1. The van der Waals surface area contributed by atoms with Gasteiger partial charge in [0.2, 0.25) is 0 Å². The van der Waals surface area contributed by atoms with Gasteiger partial charge in [0, 0.05) is 12.7 Å². The van der Waals surface area contributed by atoms with Crippen LogP contribution in [0.4, 0.5) is 0 Å². The van der Waals surface area contributed by atoms with Crippen molar-refractivity contribution in [1.29, 1.82) is 0 Å². The minimum atomic E-state index is 0.146. The van der Waals surface area contributed by atoms with Gasteiger partial charge in [0.05, 0.1) is 6.04 Å². The molecule has 1 atom stereocenters. The van der Waals surface area contributed by atoms with Gasteiger partial charge in [-0.15, -0.1) is 10.2 Å². The SMILES string of the molecule is CCc1ccccc1CNC(C)c1nnc2ccccn12. The van der Waals surface area contributed by atoms with Gasteiger partial charge in [-0.2, -0.15) is 0 Å².